The van der Waals surface area contributed by atoms with Crippen LogP contribution in [0.25, 0.3) is 10.9 Å². The summed E-state index contributed by atoms with van der Waals surface area (Å²) in [5.41, 5.74) is 3.53. The quantitative estimate of drug-likeness (QED) is 0.721. The van der Waals surface area contributed by atoms with Crippen molar-refractivity contribution < 1.29 is 0 Å². The molecule has 0 saturated heterocycles. The van der Waals surface area contributed by atoms with Crippen LogP contribution in [0.2, 0.25) is 0 Å². The van der Waals surface area contributed by atoms with Gasteiger partial charge in [-0.05, 0) is 52.7 Å². The van der Waals surface area contributed by atoms with Gasteiger partial charge in [0.05, 0.1) is 22.8 Å². The van der Waals surface area contributed by atoms with Crippen molar-refractivity contribution in [2.24, 2.45) is 0 Å². The molecule has 0 spiro atoms. The highest BCUT2D eigenvalue weighted by Crippen LogP contribution is 2.28. The van der Waals surface area contributed by atoms with Crippen molar-refractivity contribution in [1.82, 2.24) is 4.98 Å². The lowest BCUT2D eigenvalue weighted by Gasteiger charge is -2.10. The van der Waals surface area contributed by atoms with Gasteiger partial charge in [0.2, 0.25) is 0 Å². The standard InChI is InChI=1S/C17H12BrN3/c1-11-6-7-16(14(18)8-11)21-17-9-12(10-19)13-4-2-3-5-15(13)20-17/h2-9H,1H3,(H,20,21). The van der Waals surface area contributed by atoms with E-state index >= 15 is 0 Å². The Balaban J connectivity index is 2.07. The van der Waals surface area contributed by atoms with Gasteiger partial charge < -0.3 is 5.32 Å². The number of benzene rings is 2. The molecule has 0 atom stereocenters. The molecule has 3 rings (SSSR count). The number of rotatable bonds is 2. The predicted octanol–water partition coefficient (Wildman–Crippen LogP) is 4.92. The summed E-state index contributed by atoms with van der Waals surface area (Å²) < 4.78 is 0.968. The van der Waals surface area contributed by atoms with E-state index in [1.165, 1.54) is 5.56 Å². The van der Waals surface area contributed by atoms with Crippen LogP contribution in [-0.2, 0) is 0 Å². The zero-order valence-electron chi connectivity index (χ0n) is 11.4. The number of aromatic nitrogens is 1. The molecule has 1 N–H and O–H groups in total. The van der Waals surface area contributed by atoms with E-state index in [1.54, 1.807) is 6.07 Å². The molecule has 1 heterocycles. The molecule has 0 fully saturated rings. The van der Waals surface area contributed by atoms with E-state index in [4.69, 9.17) is 0 Å². The molecule has 0 aliphatic heterocycles. The van der Waals surface area contributed by atoms with Crippen molar-refractivity contribution in [2.75, 3.05) is 5.32 Å². The van der Waals surface area contributed by atoms with Gasteiger partial charge in [0, 0.05) is 9.86 Å². The van der Waals surface area contributed by atoms with Crippen LogP contribution in [0.4, 0.5) is 11.5 Å². The number of hydrogen-bond acceptors (Lipinski definition) is 3. The Labute approximate surface area is 131 Å². The summed E-state index contributed by atoms with van der Waals surface area (Å²) in [5, 5.41) is 13.4. The molecular weight excluding hydrogens is 326 g/mol. The van der Waals surface area contributed by atoms with E-state index in [2.05, 4.69) is 32.3 Å². The van der Waals surface area contributed by atoms with Gasteiger partial charge in [-0.3, -0.25) is 0 Å². The summed E-state index contributed by atoms with van der Waals surface area (Å²) in [6, 6.07) is 17.7. The van der Waals surface area contributed by atoms with Gasteiger partial charge in [-0.2, -0.15) is 5.26 Å². The fourth-order valence-electron chi connectivity index (χ4n) is 2.19. The maximum atomic E-state index is 9.30. The minimum absolute atomic E-state index is 0.617. The van der Waals surface area contributed by atoms with Gasteiger partial charge in [-0.25, -0.2) is 4.98 Å². The van der Waals surface area contributed by atoms with E-state index in [0.29, 0.717) is 11.4 Å². The van der Waals surface area contributed by atoms with Crippen LogP contribution in [-0.4, -0.2) is 4.98 Å². The minimum Gasteiger partial charge on any atom is -0.339 e. The van der Waals surface area contributed by atoms with Crippen molar-refractivity contribution in [3.63, 3.8) is 0 Å². The number of nitrogens with one attached hydrogen (secondary N) is 1. The van der Waals surface area contributed by atoms with Crippen LogP contribution < -0.4 is 5.32 Å². The molecule has 102 valence electrons. The second-order valence-electron chi connectivity index (χ2n) is 4.79. The van der Waals surface area contributed by atoms with Crippen LogP contribution in [0.3, 0.4) is 0 Å². The van der Waals surface area contributed by atoms with Crippen molar-refractivity contribution >= 4 is 38.3 Å². The number of para-hydroxylation sites is 1. The first-order valence-electron chi connectivity index (χ1n) is 6.50. The Bertz CT molecular complexity index is 866. The van der Waals surface area contributed by atoms with E-state index in [-0.39, 0.29) is 0 Å². The Kier molecular flexibility index (Phi) is 3.59. The molecule has 0 unspecified atom stereocenters. The van der Waals surface area contributed by atoms with E-state index in [9.17, 15) is 5.26 Å². The lowest BCUT2D eigenvalue weighted by atomic mass is 10.1. The van der Waals surface area contributed by atoms with E-state index in [0.717, 1.165) is 21.1 Å². The molecule has 21 heavy (non-hydrogen) atoms. The molecular formula is C17H12BrN3. The largest absolute Gasteiger partial charge is 0.339 e. The highest BCUT2D eigenvalue weighted by Gasteiger charge is 2.07. The van der Waals surface area contributed by atoms with E-state index in [1.807, 2.05) is 49.4 Å². The molecule has 0 aliphatic carbocycles. The summed E-state index contributed by atoms with van der Waals surface area (Å²) >= 11 is 3.53. The Hall–Kier alpha value is -2.38. The highest BCUT2D eigenvalue weighted by atomic mass is 79.9. The number of fused-ring (bicyclic) bond motifs is 1. The highest BCUT2D eigenvalue weighted by molar-refractivity contribution is 9.10. The maximum Gasteiger partial charge on any atom is 0.132 e. The van der Waals surface area contributed by atoms with Gasteiger partial charge in [-0.15, -0.1) is 0 Å². The number of hydrogen-bond donors (Lipinski definition) is 1. The molecule has 1 aromatic heterocycles. The zero-order chi connectivity index (χ0) is 14.8. The molecule has 0 aliphatic rings. The Morgan fingerprint density at radius 2 is 1.95 bits per heavy atom. The normalized spacial score (nSPS) is 10.3. The van der Waals surface area contributed by atoms with Gasteiger partial charge in [0.25, 0.3) is 0 Å². The zero-order valence-corrected chi connectivity index (χ0v) is 13.0. The first-order chi connectivity index (χ1) is 10.2. The summed E-state index contributed by atoms with van der Waals surface area (Å²) in [4.78, 5) is 4.56. The third kappa shape index (κ3) is 2.74. The van der Waals surface area contributed by atoms with E-state index < -0.39 is 0 Å². The number of pyridine rings is 1. The molecule has 3 aromatic rings. The molecule has 0 saturated carbocycles. The summed E-state index contributed by atoms with van der Waals surface area (Å²) in [6.07, 6.45) is 0. The van der Waals surface area contributed by atoms with Crippen molar-refractivity contribution in [3.8, 4) is 6.07 Å². The second kappa shape index (κ2) is 5.55. The summed E-state index contributed by atoms with van der Waals surface area (Å²) in [6.45, 7) is 2.04. The van der Waals surface area contributed by atoms with Gasteiger partial charge in [0.1, 0.15) is 5.82 Å². The van der Waals surface area contributed by atoms with Crippen LogP contribution in [0.1, 0.15) is 11.1 Å². The molecule has 2 aromatic carbocycles. The third-order valence-corrected chi connectivity index (χ3v) is 3.88. The first-order valence-corrected chi connectivity index (χ1v) is 7.30. The lowest BCUT2D eigenvalue weighted by molar-refractivity contribution is 1.34. The average Bonchev–Trinajstić information content (AvgIpc) is 2.49. The number of halogens is 1. The lowest BCUT2D eigenvalue weighted by Crippen LogP contribution is -1.96. The summed E-state index contributed by atoms with van der Waals surface area (Å²) in [5.74, 6) is 0.662. The SMILES string of the molecule is Cc1ccc(Nc2cc(C#N)c3ccccc3n2)c(Br)c1. The molecule has 4 heteroatoms. The fraction of sp³-hybridized carbons (Fsp3) is 0.0588. The third-order valence-electron chi connectivity index (χ3n) is 3.22. The predicted molar refractivity (Wildman–Crippen MR) is 88.6 cm³/mol. The van der Waals surface area contributed by atoms with Crippen LogP contribution in [0.5, 0.6) is 0 Å². The van der Waals surface area contributed by atoms with Gasteiger partial charge >= 0.3 is 0 Å². The monoisotopic (exact) mass is 337 g/mol. The van der Waals surface area contributed by atoms with Crippen LogP contribution in [0.15, 0.2) is 53.0 Å². The average molecular weight is 338 g/mol. The fourth-order valence-corrected chi connectivity index (χ4v) is 2.78. The minimum atomic E-state index is 0.617. The molecule has 3 nitrogen and oxygen atoms in total. The smallest absolute Gasteiger partial charge is 0.132 e. The van der Waals surface area contributed by atoms with Crippen LogP contribution in [0, 0.1) is 18.3 Å². The molecule has 0 bridgehead atoms. The number of nitrogens with zero attached hydrogens (tertiary/aromatic N) is 2. The Morgan fingerprint density at radius 3 is 2.71 bits per heavy atom. The maximum absolute atomic E-state index is 9.30. The second-order valence-corrected chi connectivity index (χ2v) is 5.65. The number of anilines is 2. The first kappa shape index (κ1) is 13.6. The number of aryl methyl sites for hydroxylation is 1. The van der Waals surface area contributed by atoms with Crippen LogP contribution >= 0.6 is 15.9 Å². The van der Waals surface area contributed by atoms with Crippen molar-refractivity contribution in [2.45, 2.75) is 6.92 Å². The topological polar surface area (TPSA) is 48.7 Å². The van der Waals surface area contributed by atoms with Gasteiger partial charge in [0.15, 0.2) is 0 Å². The van der Waals surface area contributed by atoms with Crippen molar-refractivity contribution in [3.05, 3.63) is 64.1 Å². The Morgan fingerprint density at radius 1 is 1.14 bits per heavy atom. The summed E-state index contributed by atoms with van der Waals surface area (Å²) in [7, 11) is 0. The van der Waals surface area contributed by atoms with Crippen molar-refractivity contribution in [1.29, 1.82) is 5.26 Å². The molecule has 0 amide bonds. The number of nitriles is 1. The van der Waals surface area contributed by atoms with Gasteiger partial charge in [-0.1, -0.05) is 24.3 Å². The molecule has 0 radical (unpaired) electrons.